The van der Waals surface area contributed by atoms with Crippen molar-refractivity contribution in [3.63, 3.8) is 0 Å². The molecule has 0 amide bonds. The molecule has 1 aromatic carbocycles. The number of hydrogen-bond donors (Lipinski definition) is 0. The number of aldehydes is 1. The number of rotatable bonds is 2. The molecule has 0 aromatic heterocycles. The summed E-state index contributed by atoms with van der Waals surface area (Å²) in [5, 5.41) is 0. The molecule has 0 radical (unpaired) electrons. The van der Waals surface area contributed by atoms with Crippen LogP contribution in [0.3, 0.4) is 0 Å². The van der Waals surface area contributed by atoms with E-state index >= 15 is 0 Å². The summed E-state index contributed by atoms with van der Waals surface area (Å²) in [7, 11) is 0. The first-order valence-electron chi connectivity index (χ1n) is 7.63. The second kappa shape index (κ2) is 5.61. The molecular weight excluding hydrogens is 407 g/mol. The average molecular weight is 426 g/mol. The number of halogens is 1. The lowest BCUT2D eigenvalue weighted by molar-refractivity contribution is -0.0634. The molecule has 0 unspecified atom stereocenters. The first kappa shape index (κ1) is 16.5. The standard InChI is InChI=1S/C18H19IO4/c1-11-8-9-18(17(2,3)14(11)19)15(22-16(21)23-18)13-7-5-4-6-12(13)10-20/h4-7,10,15H,8-9H2,1-3H3/t15-,18+/m0/s1. The first-order valence-corrected chi connectivity index (χ1v) is 8.71. The van der Waals surface area contributed by atoms with Gasteiger partial charge in [0.05, 0.1) is 0 Å². The molecule has 5 heteroatoms. The van der Waals surface area contributed by atoms with Crippen molar-refractivity contribution in [2.75, 3.05) is 0 Å². The third kappa shape index (κ3) is 2.31. The minimum atomic E-state index is -0.792. The summed E-state index contributed by atoms with van der Waals surface area (Å²) in [6.07, 6.45) is 1.09. The molecule has 1 aromatic rings. The third-order valence-electron chi connectivity index (χ3n) is 5.16. The SMILES string of the molecule is CC1=C(I)C(C)(C)[C@]2(CC1)OC(=O)O[C@H]2c1ccccc1C=O. The maximum absolute atomic E-state index is 12.0. The Kier molecular flexibility index (Phi) is 4.02. The molecule has 1 fully saturated rings. The van der Waals surface area contributed by atoms with E-state index in [0.29, 0.717) is 17.5 Å². The zero-order valence-corrected chi connectivity index (χ0v) is 15.5. The zero-order chi connectivity index (χ0) is 16.8. The van der Waals surface area contributed by atoms with Crippen molar-refractivity contribution in [3.8, 4) is 0 Å². The Bertz CT molecular complexity index is 707. The molecular formula is C18H19IO4. The summed E-state index contributed by atoms with van der Waals surface area (Å²) in [4.78, 5) is 23.4. The van der Waals surface area contributed by atoms with E-state index in [1.54, 1.807) is 12.1 Å². The van der Waals surface area contributed by atoms with Crippen LogP contribution >= 0.6 is 22.6 Å². The molecule has 1 heterocycles. The Balaban J connectivity index is 2.18. The predicted octanol–water partition coefficient (Wildman–Crippen LogP) is 4.97. The van der Waals surface area contributed by atoms with Gasteiger partial charge in [-0.15, -0.1) is 0 Å². The highest BCUT2D eigenvalue weighted by Crippen LogP contribution is 2.60. The molecule has 1 saturated heterocycles. The highest BCUT2D eigenvalue weighted by atomic mass is 127. The van der Waals surface area contributed by atoms with Gasteiger partial charge in [-0.05, 0) is 45.9 Å². The van der Waals surface area contributed by atoms with Gasteiger partial charge in [-0.2, -0.15) is 0 Å². The van der Waals surface area contributed by atoms with Gasteiger partial charge in [-0.3, -0.25) is 4.79 Å². The van der Waals surface area contributed by atoms with Gasteiger partial charge in [0.2, 0.25) is 0 Å². The van der Waals surface area contributed by atoms with Crippen molar-refractivity contribution in [1.29, 1.82) is 0 Å². The Labute approximate surface area is 149 Å². The van der Waals surface area contributed by atoms with E-state index < -0.39 is 17.9 Å². The van der Waals surface area contributed by atoms with Gasteiger partial charge in [0, 0.05) is 16.5 Å². The van der Waals surface area contributed by atoms with Gasteiger partial charge in [0.25, 0.3) is 0 Å². The summed E-state index contributed by atoms with van der Waals surface area (Å²) in [5.41, 5.74) is 1.38. The smallest absolute Gasteiger partial charge is 0.422 e. The van der Waals surface area contributed by atoms with Crippen LogP contribution in [0.5, 0.6) is 0 Å². The minimum absolute atomic E-state index is 0.386. The monoisotopic (exact) mass is 426 g/mol. The van der Waals surface area contributed by atoms with Gasteiger partial charge < -0.3 is 9.47 Å². The average Bonchev–Trinajstić information content (AvgIpc) is 2.88. The first-order chi connectivity index (χ1) is 10.8. The van der Waals surface area contributed by atoms with E-state index in [0.717, 1.165) is 12.7 Å². The van der Waals surface area contributed by atoms with Crippen LogP contribution < -0.4 is 0 Å². The number of ether oxygens (including phenoxy) is 2. The van der Waals surface area contributed by atoms with Crippen molar-refractivity contribution in [2.45, 2.75) is 45.3 Å². The van der Waals surface area contributed by atoms with Crippen molar-refractivity contribution < 1.29 is 19.1 Å². The molecule has 23 heavy (non-hydrogen) atoms. The number of cyclic esters (lactones) is 1. The van der Waals surface area contributed by atoms with Crippen LogP contribution in [-0.4, -0.2) is 18.0 Å². The number of allylic oxidation sites excluding steroid dienone is 1. The molecule has 0 bridgehead atoms. The Morgan fingerprint density at radius 1 is 1.30 bits per heavy atom. The Hall–Kier alpha value is -1.37. The predicted molar refractivity (Wildman–Crippen MR) is 94.6 cm³/mol. The molecule has 1 aliphatic heterocycles. The molecule has 122 valence electrons. The summed E-state index contributed by atoms with van der Waals surface area (Å²) >= 11 is 2.34. The number of benzene rings is 1. The summed E-state index contributed by atoms with van der Waals surface area (Å²) < 4.78 is 12.5. The van der Waals surface area contributed by atoms with Crippen molar-refractivity contribution >= 4 is 35.0 Å². The third-order valence-corrected chi connectivity index (χ3v) is 7.43. The van der Waals surface area contributed by atoms with Gasteiger partial charge in [0.15, 0.2) is 11.7 Å². The quantitative estimate of drug-likeness (QED) is 0.381. The maximum atomic E-state index is 12.0. The number of hydrogen-bond acceptors (Lipinski definition) is 4. The Morgan fingerprint density at radius 2 is 2.00 bits per heavy atom. The van der Waals surface area contributed by atoms with Gasteiger partial charge >= 0.3 is 6.16 Å². The molecule has 4 nitrogen and oxygen atoms in total. The maximum Gasteiger partial charge on any atom is 0.509 e. The lowest BCUT2D eigenvalue weighted by Gasteiger charge is -2.48. The fraction of sp³-hybridized carbons (Fsp3) is 0.444. The molecule has 1 aliphatic carbocycles. The minimum Gasteiger partial charge on any atom is -0.422 e. The summed E-state index contributed by atoms with van der Waals surface area (Å²) in [6, 6.07) is 7.23. The van der Waals surface area contributed by atoms with E-state index in [1.165, 1.54) is 9.15 Å². The topological polar surface area (TPSA) is 52.6 Å². The van der Waals surface area contributed by atoms with Crippen LogP contribution in [0.1, 0.15) is 55.6 Å². The van der Waals surface area contributed by atoms with E-state index in [1.807, 2.05) is 12.1 Å². The van der Waals surface area contributed by atoms with E-state index in [4.69, 9.17) is 9.47 Å². The zero-order valence-electron chi connectivity index (χ0n) is 13.4. The summed E-state index contributed by atoms with van der Waals surface area (Å²) in [6.45, 7) is 6.27. The second-order valence-electron chi connectivity index (χ2n) is 6.71. The lowest BCUT2D eigenvalue weighted by atomic mass is 9.63. The molecule has 3 rings (SSSR count). The van der Waals surface area contributed by atoms with Crippen LogP contribution in [0.15, 0.2) is 33.4 Å². The summed E-state index contributed by atoms with van der Waals surface area (Å²) in [5.74, 6) is 0. The fourth-order valence-corrected chi connectivity index (χ4v) is 4.47. The molecule has 1 spiro atoms. The molecule has 0 saturated carbocycles. The van der Waals surface area contributed by atoms with Crippen molar-refractivity contribution in [1.82, 2.24) is 0 Å². The van der Waals surface area contributed by atoms with E-state index in [-0.39, 0.29) is 5.41 Å². The van der Waals surface area contributed by atoms with Crippen molar-refractivity contribution in [2.24, 2.45) is 5.41 Å². The highest BCUT2D eigenvalue weighted by Gasteiger charge is 2.63. The molecule has 2 atom stereocenters. The lowest BCUT2D eigenvalue weighted by Crippen LogP contribution is -2.51. The van der Waals surface area contributed by atoms with Crippen LogP contribution in [-0.2, 0) is 9.47 Å². The van der Waals surface area contributed by atoms with Gasteiger partial charge in [0.1, 0.15) is 6.29 Å². The normalized spacial score (nSPS) is 29.4. The van der Waals surface area contributed by atoms with Crippen LogP contribution in [0.2, 0.25) is 0 Å². The fourth-order valence-electron chi connectivity index (χ4n) is 3.74. The second-order valence-corrected chi connectivity index (χ2v) is 7.78. The number of carbonyl (C=O) groups is 2. The van der Waals surface area contributed by atoms with E-state index in [2.05, 4.69) is 43.4 Å². The molecule has 2 aliphatic rings. The van der Waals surface area contributed by atoms with Gasteiger partial charge in [-0.25, -0.2) is 4.79 Å². The van der Waals surface area contributed by atoms with Crippen LogP contribution in [0, 0.1) is 5.41 Å². The van der Waals surface area contributed by atoms with Crippen molar-refractivity contribution in [3.05, 3.63) is 44.5 Å². The Morgan fingerprint density at radius 3 is 2.70 bits per heavy atom. The van der Waals surface area contributed by atoms with Gasteiger partial charge in [-0.1, -0.05) is 43.7 Å². The number of carbonyl (C=O) groups excluding carboxylic acids is 2. The highest BCUT2D eigenvalue weighted by molar-refractivity contribution is 14.1. The molecule has 0 N–H and O–H groups in total. The van der Waals surface area contributed by atoms with Crippen LogP contribution in [0.25, 0.3) is 0 Å². The largest absolute Gasteiger partial charge is 0.509 e. The van der Waals surface area contributed by atoms with Crippen LogP contribution in [0.4, 0.5) is 4.79 Å². The van der Waals surface area contributed by atoms with E-state index in [9.17, 15) is 9.59 Å².